The Morgan fingerprint density at radius 1 is 1.42 bits per heavy atom. The van der Waals surface area contributed by atoms with Crippen molar-refractivity contribution in [3.05, 3.63) is 28.7 Å². The molecule has 0 aliphatic rings. The second-order valence-electron chi connectivity index (χ2n) is 1.93. The van der Waals surface area contributed by atoms with E-state index in [1.807, 2.05) is 0 Å². The third kappa shape index (κ3) is 3.19. The molecule has 1 aromatic rings. The lowest BCUT2D eigenvalue weighted by molar-refractivity contribution is 0.440. The summed E-state index contributed by atoms with van der Waals surface area (Å²) < 4.78 is 36.5. The smallest absolute Gasteiger partial charge is 0.358 e. The minimum atomic E-state index is -4.91. The Labute approximate surface area is 77.7 Å². The van der Waals surface area contributed by atoms with E-state index in [4.69, 9.17) is 0 Å². The van der Waals surface area contributed by atoms with E-state index in [1.165, 1.54) is 18.2 Å². The zero-order valence-corrected chi connectivity index (χ0v) is 8.10. The number of halogens is 2. The molecule has 0 bridgehead atoms. The van der Waals surface area contributed by atoms with E-state index in [-0.39, 0.29) is 5.75 Å². The third-order valence-electron chi connectivity index (χ3n) is 0.992. The summed E-state index contributed by atoms with van der Waals surface area (Å²) in [6.45, 7) is 0. The van der Waals surface area contributed by atoms with Gasteiger partial charge in [0.25, 0.3) is 0 Å². The second-order valence-corrected chi connectivity index (χ2v) is 3.80. The molecule has 0 aliphatic carbocycles. The third-order valence-corrected chi connectivity index (χ3v) is 1.88. The quantitative estimate of drug-likeness (QED) is 0.759. The Kier molecular flexibility index (Phi) is 2.69. The van der Waals surface area contributed by atoms with Gasteiger partial charge < -0.3 is 4.18 Å². The SMILES string of the molecule is O=S(=O)(F)Oc1cccc(Br)c1. The molecule has 0 amide bonds. The molecule has 1 rings (SSSR count). The van der Waals surface area contributed by atoms with Crippen LogP contribution in [0, 0.1) is 0 Å². The lowest BCUT2D eigenvalue weighted by Gasteiger charge is -1.98. The summed E-state index contributed by atoms with van der Waals surface area (Å²) in [6, 6.07) is 5.88. The van der Waals surface area contributed by atoms with E-state index in [9.17, 15) is 12.3 Å². The highest BCUT2D eigenvalue weighted by atomic mass is 79.9. The van der Waals surface area contributed by atoms with Crippen LogP contribution in [0.1, 0.15) is 0 Å². The van der Waals surface area contributed by atoms with Crippen molar-refractivity contribution in [2.24, 2.45) is 0 Å². The van der Waals surface area contributed by atoms with Gasteiger partial charge in [-0.2, -0.15) is 8.42 Å². The van der Waals surface area contributed by atoms with Crippen molar-refractivity contribution in [2.45, 2.75) is 0 Å². The van der Waals surface area contributed by atoms with Crippen LogP contribution in [0.5, 0.6) is 5.75 Å². The van der Waals surface area contributed by atoms with Gasteiger partial charge in [0.05, 0.1) is 0 Å². The highest BCUT2D eigenvalue weighted by Gasteiger charge is 2.08. The van der Waals surface area contributed by atoms with Crippen molar-refractivity contribution in [1.82, 2.24) is 0 Å². The van der Waals surface area contributed by atoms with Crippen molar-refractivity contribution < 1.29 is 16.5 Å². The summed E-state index contributed by atoms with van der Waals surface area (Å²) in [5.41, 5.74) is 0. The molecule has 0 atom stereocenters. The molecule has 0 aromatic heterocycles. The van der Waals surface area contributed by atoms with E-state index in [0.717, 1.165) is 0 Å². The molecular weight excluding hydrogens is 251 g/mol. The van der Waals surface area contributed by atoms with Crippen LogP contribution < -0.4 is 4.18 Å². The first kappa shape index (κ1) is 9.47. The minimum Gasteiger partial charge on any atom is -0.358 e. The molecule has 66 valence electrons. The highest BCUT2D eigenvalue weighted by molar-refractivity contribution is 9.10. The van der Waals surface area contributed by atoms with Gasteiger partial charge >= 0.3 is 10.5 Å². The fourth-order valence-corrected chi connectivity index (χ4v) is 1.35. The van der Waals surface area contributed by atoms with E-state index in [2.05, 4.69) is 20.1 Å². The molecule has 0 fully saturated rings. The van der Waals surface area contributed by atoms with E-state index in [1.54, 1.807) is 6.07 Å². The average molecular weight is 255 g/mol. The van der Waals surface area contributed by atoms with Crippen LogP contribution in [-0.4, -0.2) is 8.42 Å². The number of benzene rings is 1. The normalized spacial score (nSPS) is 11.2. The molecule has 0 aliphatic heterocycles. The maximum atomic E-state index is 11.9. The molecular formula is C6H4BrFO3S. The average Bonchev–Trinajstić information content (AvgIpc) is 1.82. The van der Waals surface area contributed by atoms with Crippen molar-refractivity contribution in [2.75, 3.05) is 0 Å². The van der Waals surface area contributed by atoms with Crippen LogP contribution in [0.2, 0.25) is 0 Å². The Hall–Kier alpha value is -0.620. The van der Waals surface area contributed by atoms with Crippen LogP contribution in [0.25, 0.3) is 0 Å². The second kappa shape index (κ2) is 3.40. The highest BCUT2D eigenvalue weighted by Crippen LogP contribution is 2.19. The molecule has 0 saturated carbocycles. The van der Waals surface area contributed by atoms with Crippen LogP contribution >= 0.6 is 15.9 Å². The lowest BCUT2D eigenvalue weighted by Crippen LogP contribution is -2.00. The van der Waals surface area contributed by atoms with Gasteiger partial charge in [0.15, 0.2) is 0 Å². The Morgan fingerprint density at radius 3 is 2.58 bits per heavy atom. The maximum Gasteiger partial charge on any atom is 0.488 e. The van der Waals surface area contributed by atoms with E-state index < -0.39 is 10.5 Å². The van der Waals surface area contributed by atoms with Gasteiger partial charge in [-0.15, -0.1) is 0 Å². The van der Waals surface area contributed by atoms with Gasteiger partial charge in [0.2, 0.25) is 0 Å². The maximum absolute atomic E-state index is 11.9. The molecule has 1 aromatic carbocycles. The first-order valence-corrected chi connectivity index (χ1v) is 4.97. The van der Waals surface area contributed by atoms with E-state index in [0.29, 0.717) is 4.47 Å². The Morgan fingerprint density at radius 2 is 2.08 bits per heavy atom. The standard InChI is InChI=1S/C6H4BrFO3S/c7-5-2-1-3-6(4-5)11-12(8,9)10/h1-4H. The molecule has 0 radical (unpaired) electrons. The van der Waals surface area contributed by atoms with Crippen molar-refractivity contribution >= 4 is 26.4 Å². The van der Waals surface area contributed by atoms with Gasteiger partial charge in [-0.3, -0.25) is 0 Å². The van der Waals surface area contributed by atoms with Crippen LogP contribution in [0.15, 0.2) is 28.7 Å². The predicted molar refractivity (Wildman–Crippen MR) is 44.8 cm³/mol. The monoisotopic (exact) mass is 254 g/mol. The van der Waals surface area contributed by atoms with Crippen molar-refractivity contribution in [3.8, 4) is 5.75 Å². The molecule has 0 unspecified atom stereocenters. The van der Waals surface area contributed by atoms with Gasteiger partial charge in [-0.05, 0) is 18.2 Å². The molecule has 0 N–H and O–H groups in total. The largest absolute Gasteiger partial charge is 0.488 e. The van der Waals surface area contributed by atoms with Gasteiger partial charge in [0, 0.05) is 4.47 Å². The van der Waals surface area contributed by atoms with Gasteiger partial charge in [0.1, 0.15) is 5.75 Å². The molecule has 0 heterocycles. The first-order valence-electron chi connectivity index (χ1n) is 2.87. The Balaban J connectivity index is 2.91. The number of hydrogen-bond acceptors (Lipinski definition) is 3. The zero-order chi connectivity index (χ0) is 9.19. The number of rotatable bonds is 2. The molecule has 12 heavy (non-hydrogen) atoms. The fourth-order valence-electron chi connectivity index (χ4n) is 0.634. The van der Waals surface area contributed by atoms with Crippen LogP contribution in [0.4, 0.5) is 3.89 Å². The fraction of sp³-hybridized carbons (Fsp3) is 0. The zero-order valence-electron chi connectivity index (χ0n) is 5.70. The first-order chi connectivity index (χ1) is 5.47. The molecule has 0 saturated heterocycles. The minimum absolute atomic E-state index is 0.0631. The summed E-state index contributed by atoms with van der Waals surface area (Å²) in [6.07, 6.45) is 0. The Bertz CT molecular complexity index is 376. The summed E-state index contributed by atoms with van der Waals surface area (Å²) in [5, 5.41) is 0. The molecule has 3 nitrogen and oxygen atoms in total. The van der Waals surface area contributed by atoms with Crippen LogP contribution in [-0.2, 0) is 10.5 Å². The predicted octanol–water partition coefficient (Wildman–Crippen LogP) is 2.04. The summed E-state index contributed by atoms with van der Waals surface area (Å²) >= 11 is 3.07. The van der Waals surface area contributed by atoms with Crippen molar-refractivity contribution in [1.29, 1.82) is 0 Å². The van der Waals surface area contributed by atoms with Crippen molar-refractivity contribution in [3.63, 3.8) is 0 Å². The van der Waals surface area contributed by atoms with Gasteiger partial charge in [-0.1, -0.05) is 25.9 Å². The topological polar surface area (TPSA) is 43.4 Å². The molecule has 6 heteroatoms. The summed E-state index contributed by atoms with van der Waals surface area (Å²) in [7, 11) is -4.91. The molecule has 0 spiro atoms. The van der Waals surface area contributed by atoms with Crippen LogP contribution in [0.3, 0.4) is 0 Å². The van der Waals surface area contributed by atoms with Gasteiger partial charge in [-0.25, -0.2) is 0 Å². The lowest BCUT2D eigenvalue weighted by atomic mass is 10.3. The van der Waals surface area contributed by atoms with E-state index >= 15 is 0 Å². The summed E-state index contributed by atoms with van der Waals surface area (Å²) in [5.74, 6) is -0.0631. The number of hydrogen-bond donors (Lipinski definition) is 0. The summed E-state index contributed by atoms with van der Waals surface area (Å²) in [4.78, 5) is 0.